The third kappa shape index (κ3) is 6.78. The maximum Gasteiger partial charge on any atom is 0.343 e. The van der Waals surface area contributed by atoms with E-state index in [1.54, 1.807) is 24.4 Å². The number of piperidine rings is 2. The summed E-state index contributed by atoms with van der Waals surface area (Å²) in [4.78, 5) is 30.9. The van der Waals surface area contributed by atoms with Crippen molar-refractivity contribution in [3.05, 3.63) is 59.4 Å². The zero-order valence-corrected chi connectivity index (χ0v) is 22.0. The molecule has 1 aromatic heterocycles. The molecule has 204 valence electrons. The topological polar surface area (TPSA) is 105 Å². The van der Waals surface area contributed by atoms with Crippen LogP contribution in [0, 0.1) is 5.82 Å². The van der Waals surface area contributed by atoms with Gasteiger partial charge in [-0.15, -0.1) is 0 Å². The number of anilines is 3. The number of carbonyl (C=O) groups is 1. The van der Waals surface area contributed by atoms with Gasteiger partial charge in [0.2, 0.25) is 17.8 Å². The number of esters is 1. The number of halogens is 1. The summed E-state index contributed by atoms with van der Waals surface area (Å²) in [6.45, 7) is 3.74. The number of rotatable bonds is 8. The Morgan fingerprint density at radius 1 is 0.872 bits per heavy atom. The minimum Gasteiger partial charge on any atom is -0.493 e. The quantitative estimate of drug-likeness (QED) is 0.191. The van der Waals surface area contributed by atoms with Gasteiger partial charge in [0.05, 0.1) is 18.9 Å². The standard InChI is InChI=1S/C28H32FN7O3/c1-38-24-18-20(8-13-23(24)39-25(37)21-9-11-22(29)12-10-21)19-30-34-26-31-27(35-14-4-2-5-15-35)33-28(32-26)36-16-6-3-7-17-36/h8-13,18-19H,2-7,14-17H2,1H3,(H,31,32,33,34)/b30-19+. The molecule has 0 saturated carbocycles. The van der Waals surface area contributed by atoms with Crippen LogP contribution in [0.1, 0.15) is 54.4 Å². The van der Waals surface area contributed by atoms with Crippen LogP contribution in [-0.2, 0) is 0 Å². The fraction of sp³-hybridized carbons (Fsp3) is 0.393. The number of aromatic nitrogens is 3. The van der Waals surface area contributed by atoms with Crippen LogP contribution in [0.4, 0.5) is 22.2 Å². The van der Waals surface area contributed by atoms with Crippen molar-refractivity contribution >= 4 is 30.0 Å². The monoisotopic (exact) mass is 533 g/mol. The molecule has 0 atom stereocenters. The molecule has 3 heterocycles. The number of nitrogens with zero attached hydrogens (tertiary/aromatic N) is 6. The Hall–Kier alpha value is -4.28. The van der Waals surface area contributed by atoms with Gasteiger partial charge in [0.15, 0.2) is 11.5 Å². The average molecular weight is 534 g/mol. The van der Waals surface area contributed by atoms with Gasteiger partial charge < -0.3 is 19.3 Å². The van der Waals surface area contributed by atoms with Gasteiger partial charge in [0.25, 0.3) is 0 Å². The first-order chi connectivity index (χ1) is 19.1. The number of hydrogen-bond donors (Lipinski definition) is 1. The van der Waals surface area contributed by atoms with Crippen molar-refractivity contribution < 1.29 is 18.7 Å². The Bertz CT molecular complexity index is 1270. The van der Waals surface area contributed by atoms with Gasteiger partial charge in [-0.3, -0.25) is 0 Å². The maximum atomic E-state index is 13.2. The Labute approximate surface area is 226 Å². The molecule has 2 aliphatic rings. The lowest BCUT2D eigenvalue weighted by atomic mass is 10.1. The molecule has 2 fully saturated rings. The van der Waals surface area contributed by atoms with E-state index in [4.69, 9.17) is 14.5 Å². The number of methoxy groups -OCH3 is 1. The summed E-state index contributed by atoms with van der Waals surface area (Å²) in [5.41, 5.74) is 3.90. The molecule has 10 nitrogen and oxygen atoms in total. The highest BCUT2D eigenvalue weighted by molar-refractivity contribution is 5.91. The number of nitrogens with one attached hydrogen (secondary N) is 1. The van der Waals surface area contributed by atoms with E-state index in [0.29, 0.717) is 29.2 Å². The molecule has 0 bridgehead atoms. The number of hydrazone groups is 1. The van der Waals surface area contributed by atoms with Gasteiger partial charge >= 0.3 is 5.97 Å². The summed E-state index contributed by atoms with van der Waals surface area (Å²) < 4.78 is 24.0. The summed E-state index contributed by atoms with van der Waals surface area (Å²) in [5, 5.41) is 4.34. The molecule has 2 aromatic carbocycles. The van der Waals surface area contributed by atoms with E-state index >= 15 is 0 Å². The zero-order chi connectivity index (χ0) is 27.0. The van der Waals surface area contributed by atoms with Crippen molar-refractivity contribution in [2.75, 3.05) is 48.5 Å². The zero-order valence-electron chi connectivity index (χ0n) is 22.0. The number of benzene rings is 2. The lowest BCUT2D eigenvalue weighted by Crippen LogP contribution is -2.34. The number of carbonyl (C=O) groups excluding carboxylic acids is 1. The van der Waals surface area contributed by atoms with Crippen molar-refractivity contribution in [1.29, 1.82) is 0 Å². The van der Waals surface area contributed by atoms with E-state index < -0.39 is 11.8 Å². The molecular weight excluding hydrogens is 501 g/mol. The van der Waals surface area contributed by atoms with Crippen LogP contribution in [-0.4, -0.2) is 60.4 Å². The van der Waals surface area contributed by atoms with E-state index in [1.807, 2.05) is 0 Å². The van der Waals surface area contributed by atoms with Gasteiger partial charge in [-0.05, 0) is 86.6 Å². The third-order valence-corrected chi connectivity index (χ3v) is 6.74. The largest absolute Gasteiger partial charge is 0.493 e. The third-order valence-electron chi connectivity index (χ3n) is 6.74. The fourth-order valence-corrected chi connectivity index (χ4v) is 4.63. The number of hydrogen-bond acceptors (Lipinski definition) is 10. The first kappa shape index (κ1) is 26.3. The van der Waals surface area contributed by atoms with E-state index in [-0.39, 0.29) is 11.3 Å². The Kier molecular flexibility index (Phi) is 8.45. The van der Waals surface area contributed by atoms with Gasteiger partial charge in [-0.25, -0.2) is 14.6 Å². The molecule has 11 heteroatoms. The van der Waals surface area contributed by atoms with Gasteiger partial charge in [0, 0.05) is 26.2 Å². The van der Waals surface area contributed by atoms with E-state index in [9.17, 15) is 9.18 Å². The Balaban J connectivity index is 1.30. The van der Waals surface area contributed by atoms with E-state index in [2.05, 4.69) is 30.3 Å². The normalized spacial score (nSPS) is 15.8. The minimum atomic E-state index is -0.611. The van der Waals surface area contributed by atoms with E-state index in [0.717, 1.165) is 51.9 Å². The molecule has 0 unspecified atom stereocenters. The maximum absolute atomic E-state index is 13.2. The molecule has 3 aromatic rings. The van der Waals surface area contributed by atoms with Crippen LogP contribution >= 0.6 is 0 Å². The molecule has 1 N–H and O–H groups in total. The first-order valence-electron chi connectivity index (χ1n) is 13.3. The molecule has 0 spiro atoms. The van der Waals surface area contributed by atoms with Crippen LogP contribution in [0.5, 0.6) is 11.5 Å². The Morgan fingerprint density at radius 2 is 1.49 bits per heavy atom. The fourth-order valence-electron chi connectivity index (χ4n) is 4.63. The summed E-state index contributed by atoms with van der Waals surface area (Å²) in [6.07, 6.45) is 8.57. The van der Waals surface area contributed by atoms with Crippen molar-refractivity contribution in [2.24, 2.45) is 5.10 Å². The van der Waals surface area contributed by atoms with Crippen molar-refractivity contribution in [3.8, 4) is 11.5 Å². The molecule has 39 heavy (non-hydrogen) atoms. The second kappa shape index (κ2) is 12.5. The highest BCUT2D eigenvalue weighted by Crippen LogP contribution is 2.29. The predicted molar refractivity (Wildman–Crippen MR) is 148 cm³/mol. The highest BCUT2D eigenvalue weighted by atomic mass is 19.1. The molecular formula is C28H32FN7O3. The van der Waals surface area contributed by atoms with Crippen LogP contribution in [0.25, 0.3) is 0 Å². The minimum absolute atomic E-state index is 0.235. The molecule has 2 saturated heterocycles. The van der Waals surface area contributed by atoms with Crippen molar-refractivity contribution in [1.82, 2.24) is 15.0 Å². The van der Waals surface area contributed by atoms with E-state index in [1.165, 1.54) is 44.2 Å². The molecule has 0 aliphatic carbocycles. The van der Waals surface area contributed by atoms with Crippen LogP contribution in [0.2, 0.25) is 0 Å². The van der Waals surface area contributed by atoms with Crippen LogP contribution in [0.15, 0.2) is 47.6 Å². The van der Waals surface area contributed by atoms with Crippen molar-refractivity contribution in [3.63, 3.8) is 0 Å². The SMILES string of the molecule is COc1cc(/C=N/Nc2nc(N3CCCCC3)nc(N3CCCCC3)n2)ccc1OC(=O)c1ccc(F)cc1. The average Bonchev–Trinajstić information content (AvgIpc) is 2.99. The predicted octanol–water partition coefficient (Wildman–Crippen LogP) is 4.67. The summed E-state index contributed by atoms with van der Waals surface area (Å²) in [6, 6.07) is 10.2. The van der Waals surface area contributed by atoms with Gasteiger partial charge in [0.1, 0.15) is 5.82 Å². The summed E-state index contributed by atoms with van der Waals surface area (Å²) in [7, 11) is 1.48. The second-order valence-corrected chi connectivity index (χ2v) is 9.53. The lowest BCUT2D eigenvalue weighted by molar-refractivity contribution is 0.0729. The second-order valence-electron chi connectivity index (χ2n) is 9.53. The van der Waals surface area contributed by atoms with Crippen LogP contribution in [0.3, 0.4) is 0 Å². The van der Waals surface area contributed by atoms with Crippen LogP contribution < -0.4 is 24.7 Å². The number of ether oxygens (including phenoxy) is 2. The molecule has 5 rings (SSSR count). The smallest absolute Gasteiger partial charge is 0.343 e. The highest BCUT2D eigenvalue weighted by Gasteiger charge is 2.20. The van der Waals surface area contributed by atoms with Crippen molar-refractivity contribution in [2.45, 2.75) is 38.5 Å². The summed E-state index contributed by atoms with van der Waals surface area (Å²) >= 11 is 0. The summed E-state index contributed by atoms with van der Waals surface area (Å²) in [5.74, 6) is 1.30. The molecule has 0 radical (unpaired) electrons. The molecule has 0 amide bonds. The van der Waals surface area contributed by atoms with Gasteiger partial charge in [-0.1, -0.05) is 0 Å². The van der Waals surface area contributed by atoms with Gasteiger partial charge in [-0.2, -0.15) is 20.1 Å². The Morgan fingerprint density at radius 3 is 2.08 bits per heavy atom. The molecule has 2 aliphatic heterocycles. The first-order valence-corrected chi connectivity index (χ1v) is 13.3. The lowest BCUT2D eigenvalue weighted by Gasteiger charge is -2.30.